The molecule has 0 aliphatic heterocycles. The molecule has 6 heteroatoms. The number of benzene rings is 1. The maximum Gasteiger partial charge on any atom is 0.332 e. The summed E-state index contributed by atoms with van der Waals surface area (Å²) in [6, 6.07) is 7.08. The molecule has 3 N–H and O–H groups in total. The van der Waals surface area contributed by atoms with E-state index in [1.807, 2.05) is 24.3 Å². The smallest absolute Gasteiger partial charge is 0.332 e. The number of amides is 2. The molecule has 15 heavy (non-hydrogen) atoms. The van der Waals surface area contributed by atoms with E-state index in [0.717, 1.165) is 15.2 Å². The van der Waals surface area contributed by atoms with Gasteiger partial charge in [-0.15, -0.1) is 11.3 Å². The predicted molar refractivity (Wildman–Crippen MR) is 59.9 cm³/mol. The number of fused-ring (bicyclic) bond motifs is 1. The first-order valence-electron chi connectivity index (χ1n) is 4.20. The van der Waals surface area contributed by atoms with Crippen molar-refractivity contribution in [3.05, 3.63) is 29.3 Å². The van der Waals surface area contributed by atoms with Gasteiger partial charge in [0.05, 0.1) is 16.4 Å². The first kappa shape index (κ1) is 9.60. The van der Waals surface area contributed by atoms with Crippen molar-refractivity contribution in [1.29, 1.82) is 0 Å². The molecular formula is C9H8N4OS. The van der Waals surface area contributed by atoms with Gasteiger partial charge in [-0.2, -0.15) is 5.10 Å². The Hall–Kier alpha value is -1.95. The Morgan fingerprint density at radius 1 is 1.53 bits per heavy atom. The number of hydrazone groups is 1. The maximum absolute atomic E-state index is 10.3. The van der Waals surface area contributed by atoms with Crippen LogP contribution in [0.2, 0.25) is 0 Å². The summed E-state index contributed by atoms with van der Waals surface area (Å²) in [5.74, 6) is 0. The van der Waals surface area contributed by atoms with Crippen LogP contribution in [-0.4, -0.2) is 17.2 Å². The SMILES string of the molecule is NC(=O)N/N=C\c1nc2ccccc2s1. The lowest BCUT2D eigenvalue weighted by Gasteiger charge is -1.87. The van der Waals surface area contributed by atoms with Crippen LogP contribution >= 0.6 is 11.3 Å². The molecule has 0 fully saturated rings. The molecule has 0 saturated carbocycles. The van der Waals surface area contributed by atoms with E-state index in [9.17, 15) is 4.79 Å². The number of hydrogen-bond donors (Lipinski definition) is 2. The van der Waals surface area contributed by atoms with Crippen molar-refractivity contribution in [3.8, 4) is 0 Å². The summed E-state index contributed by atoms with van der Waals surface area (Å²) in [6.07, 6.45) is 1.47. The van der Waals surface area contributed by atoms with Crippen LogP contribution in [0.3, 0.4) is 0 Å². The molecule has 76 valence electrons. The minimum atomic E-state index is -0.688. The minimum Gasteiger partial charge on any atom is -0.350 e. The van der Waals surface area contributed by atoms with Crippen molar-refractivity contribution in [3.63, 3.8) is 0 Å². The van der Waals surface area contributed by atoms with Crippen molar-refractivity contribution < 1.29 is 4.79 Å². The molecule has 2 aromatic rings. The van der Waals surface area contributed by atoms with Crippen molar-refractivity contribution >= 4 is 33.8 Å². The summed E-state index contributed by atoms with van der Waals surface area (Å²) >= 11 is 1.50. The highest BCUT2D eigenvalue weighted by Crippen LogP contribution is 2.19. The number of nitrogens with one attached hydrogen (secondary N) is 1. The fourth-order valence-electron chi connectivity index (χ4n) is 1.10. The largest absolute Gasteiger partial charge is 0.350 e. The first-order valence-corrected chi connectivity index (χ1v) is 5.01. The summed E-state index contributed by atoms with van der Waals surface area (Å²) in [6.45, 7) is 0. The van der Waals surface area contributed by atoms with Gasteiger partial charge in [-0.1, -0.05) is 12.1 Å². The second kappa shape index (κ2) is 4.05. The van der Waals surface area contributed by atoms with Gasteiger partial charge in [0.1, 0.15) is 5.01 Å². The molecule has 2 amide bonds. The van der Waals surface area contributed by atoms with Crippen LogP contribution in [0.5, 0.6) is 0 Å². The number of aromatic nitrogens is 1. The molecule has 0 atom stereocenters. The molecule has 0 radical (unpaired) electrons. The fourth-order valence-corrected chi connectivity index (χ4v) is 1.94. The first-order chi connectivity index (χ1) is 7.25. The number of nitrogens with two attached hydrogens (primary N) is 1. The lowest BCUT2D eigenvalue weighted by atomic mass is 10.3. The lowest BCUT2D eigenvalue weighted by Crippen LogP contribution is -2.24. The van der Waals surface area contributed by atoms with Gasteiger partial charge in [0.2, 0.25) is 0 Å². The highest BCUT2D eigenvalue weighted by atomic mass is 32.1. The number of primary amides is 1. The molecule has 0 spiro atoms. The maximum atomic E-state index is 10.3. The molecule has 0 aliphatic carbocycles. The Balaban J connectivity index is 2.22. The second-order valence-corrected chi connectivity index (χ2v) is 3.82. The third-order valence-electron chi connectivity index (χ3n) is 1.66. The highest BCUT2D eigenvalue weighted by molar-refractivity contribution is 7.20. The standard InChI is InChI=1S/C9H8N4OS/c10-9(14)13-11-5-8-12-6-3-1-2-4-7(6)15-8/h1-5H,(H3,10,13,14)/b11-5-. The van der Waals surface area contributed by atoms with Crippen LogP contribution in [0, 0.1) is 0 Å². The minimum absolute atomic E-state index is 0.688. The van der Waals surface area contributed by atoms with Gasteiger partial charge in [0.25, 0.3) is 0 Å². The number of nitrogens with zero attached hydrogens (tertiary/aromatic N) is 2. The van der Waals surface area contributed by atoms with Crippen LogP contribution in [-0.2, 0) is 0 Å². The summed E-state index contributed by atoms with van der Waals surface area (Å²) in [7, 11) is 0. The molecular weight excluding hydrogens is 212 g/mol. The number of carbonyl (C=O) groups excluding carboxylic acids is 1. The summed E-state index contributed by atoms with van der Waals surface area (Å²) < 4.78 is 1.08. The molecule has 0 bridgehead atoms. The molecule has 0 aliphatic rings. The number of carbonyl (C=O) groups is 1. The predicted octanol–water partition coefficient (Wildman–Crippen LogP) is 1.30. The number of urea groups is 1. The van der Waals surface area contributed by atoms with Crippen LogP contribution in [0.4, 0.5) is 4.79 Å². The number of hydrogen-bond acceptors (Lipinski definition) is 4. The van der Waals surface area contributed by atoms with Gasteiger partial charge < -0.3 is 5.73 Å². The van der Waals surface area contributed by atoms with Gasteiger partial charge in [0, 0.05) is 0 Å². The Morgan fingerprint density at radius 2 is 2.33 bits per heavy atom. The zero-order valence-electron chi connectivity index (χ0n) is 7.68. The third kappa shape index (κ3) is 2.29. The lowest BCUT2D eigenvalue weighted by molar-refractivity contribution is 0.249. The number of rotatable bonds is 2. The Kier molecular flexibility index (Phi) is 2.59. The third-order valence-corrected chi connectivity index (χ3v) is 2.63. The average Bonchev–Trinajstić information content (AvgIpc) is 2.59. The van der Waals surface area contributed by atoms with E-state index < -0.39 is 6.03 Å². The van der Waals surface area contributed by atoms with Gasteiger partial charge in [-0.05, 0) is 12.1 Å². The van der Waals surface area contributed by atoms with Gasteiger partial charge in [-0.3, -0.25) is 0 Å². The molecule has 1 aromatic carbocycles. The summed E-state index contributed by atoms with van der Waals surface area (Å²) in [5.41, 5.74) is 7.88. The molecule has 5 nitrogen and oxygen atoms in total. The van der Waals surface area contributed by atoms with E-state index in [-0.39, 0.29) is 0 Å². The summed E-state index contributed by atoms with van der Waals surface area (Å²) in [5, 5.41) is 4.36. The van der Waals surface area contributed by atoms with Crippen LogP contribution < -0.4 is 11.2 Å². The fraction of sp³-hybridized carbons (Fsp3) is 0. The molecule has 1 heterocycles. The normalized spacial score (nSPS) is 10.9. The Labute approximate surface area is 89.6 Å². The molecule has 1 aromatic heterocycles. The van der Waals surface area contributed by atoms with Crippen LogP contribution in [0.25, 0.3) is 10.2 Å². The monoisotopic (exact) mass is 220 g/mol. The Morgan fingerprint density at radius 3 is 3.07 bits per heavy atom. The van der Waals surface area contributed by atoms with E-state index in [1.54, 1.807) is 0 Å². The molecule has 2 rings (SSSR count). The van der Waals surface area contributed by atoms with E-state index in [0.29, 0.717) is 0 Å². The highest BCUT2D eigenvalue weighted by Gasteiger charge is 1.99. The van der Waals surface area contributed by atoms with Crippen molar-refractivity contribution in [2.24, 2.45) is 10.8 Å². The zero-order chi connectivity index (χ0) is 10.7. The average molecular weight is 220 g/mol. The van der Waals surface area contributed by atoms with E-state index >= 15 is 0 Å². The quantitative estimate of drug-likeness (QED) is 0.590. The zero-order valence-corrected chi connectivity index (χ0v) is 8.49. The molecule has 0 saturated heterocycles. The topological polar surface area (TPSA) is 80.4 Å². The van der Waals surface area contributed by atoms with E-state index in [4.69, 9.17) is 5.73 Å². The number of para-hydroxylation sites is 1. The van der Waals surface area contributed by atoms with Crippen molar-refractivity contribution in [1.82, 2.24) is 10.4 Å². The van der Waals surface area contributed by atoms with Crippen molar-refractivity contribution in [2.45, 2.75) is 0 Å². The number of thiazole rings is 1. The second-order valence-electron chi connectivity index (χ2n) is 2.75. The van der Waals surface area contributed by atoms with E-state index in [2.05, 4.69) is 15.5 Å². The van der Waals surface area contributed by atoms with Crippen LogP contribution in [0.15, 0.2) is 29.4 Å². The van der Waals surface area contributed by atoms with Gasteiger partial charge in [0.15, 0.2) is 0 Å². The summed E-state index contributed by atoms with van der Waals surface area (Å²) in [4.78, 5) is 14.6. The van der Waals surface area contributed by atoms with Crippen LogP contribution in [0.1, 0.15) is 5.01 Å². The van der Waals surface area contributed by atoms with E-state index in [1.165, 1.54) is 17.6 Å². The van der Waals surface area contributed by atoms with Crippen molar-refractivity contribution in [2.75, 3.05) is 0 Å². The Bertz CT molecular complexity index is 487. The van der Waals surface area contributed by atoms with Gasteiger partial charge >= 0.3 is 6.03 Å². The van der Waals surface area contributed by atoms with Gasteiger partial charge in [-0.25, -0.2) is 15.2 Å². The molecule has 0 unspecified atom stereocenters.